The Morgan fingerprint density at radius 1 is 1.13 bits per heavy atom. The molecule has 1 aliphatic carbocycles. The molecule has 31 heavy (non-hydrogen) atoms. The number of carbonyl (C=O) groups is 1. The number of hydrogen-bond donors (Lipinski definition) is 0. The molecule has 2 aromatic carbocycles. The van der Waals surface area contributed by atoms with Crippen molar-refractivity contribution in [2.45, 2.75) is 31.3 Å². The van der Waals surface area contributed by atoms with Gasteiger partial charge in [0, 0.05) is 6.04 Å². The fraction of sp³-hybridized carbons (Fsp3) is 0.333. The summed E-state index contributed by atoms with van der Waals surface area (Å²) < 4.78 is 24.5. The average Bonchev–Trinajstić information content (AvgIpc) is 3.23. The number of thiazole rings is 1. The SMILES string of the molecule is COc1nc(C(=O)N2C(COc3ccc(F)cc3)CC3CC2C3)c(-c2ccccc2)s1. The Morgan fingerprint density at radius 3 is 2.58 bits per heavy atom. The van der Waals surface area contributed by atoms with E-state index in [0.29, 0.717) is 29.2 Å². The Balaban J connectivity index is 1.41. The van der Waals surface area contributed by atoms with Gasteiger partial charge >= 0.3 is 0 Å². The molecule has 3 aliphatic rings. The summed E-state index contributed by atoms with van der Waals surface area (Å²) in [5.74, 6) is 0.867. The molecule has 3 heterocycles. The second-order valence-corrected chi connectivity index (χ2v) is 9.05. The summed E-state index contributed by atoms with van der Waals surface area (Å²) in [6.45, 7) is 0.381. The van der Waals surface area contributed by atoms with Gasteiger partial charge in [-0.25, -0.2) is 4.39 Å². The van der Waals surface area contributed by atoms with Crippen molar-refractivity contribution in [3.8, 4) is 21.4 Å². The average molecular weight is 439 g/mol. The van der Waals surface area contributed by atoms with Crippen LogP contribution in [0.1, 0.15) is 29.8 Å². The van der Waals surface area contributed by atoms with Gasteiger partial charge in [-0.05, 0) is 55.0 Å². The highest BCUT2D eigenvalue weighted by atomic mass is 32.1. The monoisotopic (exact) mass is 438 g/mol. The molecular formula is C24H23FN2O3S. The van der Waals surface area contributed by atoms with Crippen LogP contribution < -0.4 is 9.47 Å². The molecule has 160 valence electrons. The number of rotatable bonds is 6. The summed E-state index contributed by atoms with van der Waals surface area (Å²) in [7, 11) is 1.57. The maximum Gasteiger partial charge on any atom is 0.274 e. The van der Waals surface area contributed by atoms with Crippen LogP contribution in [0.15, 0.2) is 54.6 Å². The van der Waals surface area contributed by atoms with E-state index in [-0.39, 0.29) is 23.8 Å². The van der Waals surface area contributed by atoms with E-state index in [0.717, 1.165) is 29.7 Å². The van der Waals surface area contributed by atoms with Crippen molar-refractivity contribution in [3.05, 3.63) is 66.1 Å². The lowest BCUT2D eigenvalue weighted by atomic mass is 9.70. The van der Waals surface area contributed by atoms with Crippen molar-refractivity contribution in [1.82, 2.24) is 9.88 Å². The molecule has 0 radical (unpaired) electrons. The van der Waals surface area contributed by atoms with E-state index in [1.165, 1.54) is 23.5 Å². The molecule has 1 atom stereocenters. The number of hydrogen-bond acceptors (Lipinski definition) is 5. The zero-order valence-electron chi connectivity index (χ0n) is 17.2. The molecule has 0 spiro atoms. The normalized spacial score (nSPS) is 22.0. The quantitative estimate of drug-likeness (QED) is 0.542. The van der Waals surface area contributed by atoms with Gasteiger partial charge in [-0.3, -0.25) is 4.79 Å². The summed E-state index contributed by atoms with van der Waals surface area (Å²) in [6.07, 6.45) is 2.97. The topological polar surface area (TPSA) is 51.7 Å². The summed E-state index contributed by atoms with van der Waals surface area (Å²) >= 11 is 1.38. The predicted octanol–water partition coefficient (Wildman–Crippen LogP) is 5.03. The number of carbonyl (C=O) groups excluding carboxylic acids is 1. The molecule has 3 fully saturated rings. The van der Waals surface area contributed by atoms with Crippen LogP contribution in [0, 0.1) is 11.7 Å². The molecule has 2 aliphatic heterocycles. The molecule has 1 unspecified atom stereocenters. The first kappa shape index (κ1) is 20.0. The lowest BCUT2D eigenvalue weighted by Crippen LogP contribution is -2.60. The standard InChI is InChI=1S/C24H23FN2O3S/c1-29-24-26-21(22(31-24)16-5-3-2-4-6-16)23(28)27-18-11-15(12-18)13-19(27)14-30-20-9-7-17(25)8-10-20/h2-10,15,18-19H,11-14H2,1H3. The van der Waals surface area contributed by atoms with Gasteiger partial charge in [0.05, 0.1) is 18.0 Å². The number of ether oxygens (including phenoxy) is 2. The minimum atomic E-state index is -0.297. The van der Waals surface area contributed by atoms with Crippen LogP contribution >= 0.6 is 11.3 Å². The molecule has 1 aromatic heterocycles. The number of nitrogens with zero attached hydrogens (tertiary/aromatic N) is 2. The summed E-state index contributed by atoms with van der Waals surface area (Å²) in [5, 5.41) is 0.477. The van der Waals surface area contributed by atoms with E-state index in [2.05, 4.69) is 4.98 Å². The zero-order chi connectivity index (χ0) is 21.4. The minimum absolute atomic E-state index is 0.0358. The first-order chi connectivity index (χ1) is 15.1. The van der Waals surface area contributed by atoms with Gasteiger partial charge in [0.1, 0.15) is 18.2 Å². The summed E-state index contributed by atoms with van der Waals surface area (Å²) in [4.78, 5) is 21.0. The Labute approximate surface area is 184 Å². The van der Waals surface area contributed by atoms with Gasteiger partial charge in [0.15, 0.2) is 5.69 Å². The van der Waals surface area contributed by atoms with Crippen LogP contribution in [0.5, 0.6) is 10.9 Å². The second kappa shape index (κ2) is 8.30. The van der Waals surface area contributed by atoms with E-state index in [1.54, 1.807) is 19.2 Å². The van der Waals surface area contributed by atoms with Gasteiger partial charge < -0.3 is 14.4 Å². The number of piperidine rings is 2. The smallest absolute Gasteiger partial charge is 0.274 e. The molecule has 1 amide bonds. The van der Waals surface area contributed by atoms with Gasteiger partial charge in [-0.15, -0.1) is 0 Å². The number of fused-ring (bicyclic) bond motifs is 2. The van der Waals surface area contributed by atoms with Gasteiger partial charge in [-0.1, -0.05) is 41.7 Å². The lowest BCUT2D eigenvalue weighted by molar-refractivity contribution is -0.0309. The fourth-order valence-corrected chi connectivity index (χ4v) is 5.44. The number of benzene rings is 2. The molecule has 6 rings (SSSR count). The van der Waals surface area contributed by atoms with E-state index < -0.39 is 0 Å². The van der Waals surface area contributed by atoms with Crippen LogP contribution in [0.4, 0.5) is 4.39 Å². The highest BCUT2D eigenvalue weighted by Gasteiger charge is 2.47. The van der Waals surface area contributed by atoms with Crippen molar-refractivity contribution >= 4 is 17.2 Å². The molecule has 0 N–H and O–H groups in total. The molecule has 2 saturated heterocycles. The Kier molecular flexibility index (Phi) is 5.36. The maximum absolute atomic E-state index is 13.7. The van der Waals surface area contributed by atoms with Crippen LogP contribution in [-0.4, -0.2) is 41.6 Å². The van der Waals surface area contributed by atoms with Crippen LogP contribution in [0.25, 0.3) is 10.4 Å². The minimum Gasteiger partial charge on any atom is -0.491 e. The third-order valence-corrected chi connectivity index (χ3v) is 7.18. The first-order valence-electron chi connectivity index (χ1n) is 10.4. The Hall–Kier alpha value is -2.93. The highest BCUT2D eigenvalue weighted by Crippen LogP contribution is 2.45. The number of methoxy groups -OCH3 is 1. The number of halogens is 1. The van der Waals surface area contributed by atoms with Crippen molar-refractivity contribution in [2.75, 3.05) is 13.7 Å². The zero-order valence-corrected chi connectivity index (χ0v) is 18.0. The predicted molar refractivity (Wildman–Crippen MR) is 117 cm³/mol. The first-order valence-corrected chi connectivity index (χ1v) is 11.3. The number of amides is 1. The lowest BCUT2D eigenvalue weighted by Gasteiger charge is -2.53. The molecule has 7 heteroatoms. The highest BCUT2D eigenvalue weighted by molar-refractivity contribution is 7.17. The van der Waals surface area contributed by atoms with Crippen molar-refractivity contribution in [1.29, 1.82) is 0 Å². The van der Waals surface area contributed by atoms with Crippen LogP contribution in [0.3, 0.4) is 0 Å². The van der Waals surface area contributed by atoms with Crippen molar-refractivity contribution in [3.63, 3.8) is 0 Å². The summed E-state index contributed by atoms with van der Waals surface area (Å²) in [5.41, 5.74) is 1.39. The summed E-state index contributed by atoms with van der Waals surface area (Å²) in [6, 6.07) is 16.0. The van der Waals surface area contributed by atoms with Gasteiger partial charge in [0.2, 0.25) is 0 Å². The van der Waals surface area contributed by atoms with Crippen molar-refractivity contribution < 1.29 is 18.7 Å². The molecule has 1 saturated carbocycles. The molecule has 2 bridgehead atoms. The second-order valence-electron chi connectivity index (χ2n) is 8.09. The molecular weight excluding hydrogens is 415 g/mol. The van der Waals surface area contributed by atoms with E-state index in [9.17, 15) is 9.18 Å². The van der Waals surface area contributed by atoms with E-state index >= 15 is 0 Å². The molecule has 5 nitrogen and oxygen atoms in total. The third kappa shape index (κ3) is 3.90. The van der Waals surface area contributed by atoms with E-state index in [1.807, 2.05) is 35.2 Å². The van der Waals surface area contributed by atoms with E-state index in [4.69, 9.17) is 9.47 Å². The fourth-order valence-electron chi connectivity index (χ4n) is 4.56. The largest absolute Gasteiger partial charge is 0.491 e. The molecule has 3 aromatic rings. The Morgan fingerprint density at radius 2 is 1.87 bits per heavy atom. The van der Waals surface area contributed by atoms with Gasteiger partial charge in [-0.2, -0.15) is 4.98 Å². The maximum atomic E-state index is 13.7. The Bertz CT molecular complexity index is 1060. The number of aromatic nitrogens is 1. The third-order valence-electron chi connectivity index (χ3n) is 6.11. The van der Waals surface area contributed by atoms with Gasteiger partial charge in [0.25, 0.3) is 11.1 Å². The van der Waals surface area contributed by atoms with Crippen molar-refractivity contribution in [2.24, 2.45) is 5.92 Å². The van der Waals surface area contributed by atoms with Crippen LogP contribution in [-0.2, 0) is 0 Å². The van der Waals surface area contributed by atoms with Crippen LogP contribution in [0.2, 0.25) is 0 Å².